The summed E-state index contributed by atoms with van der Waals surface area (Å²) < 4.78 is 5.31. The van der Waals surface area contributed by atoms with Gasteiger partial charge in [-0.2, -0.15) is 0 Å². The summed E-state index contributed by atoms with van der Waals surface area (Å²) in [5.74, 6) is 1.46. The molecule has 2 rings (SSSR count). The lowest BCUT2D eigenvalue weighted by Crippen LogP contribution is -2.15. The van der Waals surface area contributed by atoms with Crippen LogP contribution in [0.15, 0.2) is 10.5 Å². The van der Waals surface area contributed by atoms with E-state index in [-0.39, 0.29) is 23.9 Å². The molecule has 0 saturated heterocycles. The normalized spacial score (nSPS) is 16.4. The van der Waals surface area contributed by atoms with Crippen LogP contribution in [0.2, 0.25) is 0 Å². The first-order valence-corrected chi connectivity index (χ1v) is 6.21. The van der Waals surface area contributed by atoms with Crippen LogP contribution in [0.5, 0.6) is 0 Å². The number of ketones is 2. The van der Waals surface area contributed by atoms with Crippen molar-refractivity contribution in [2.24, 2.45) is 5.92 Å². The largest absolute Gasteiger partial charge is 0.466 e. The van der Waals surface area contributed by atoms with Gasteiger partial charge in [0.05, 0.1) is 12.0 Å². The van der Waals surface area contributed by atoms with Gasteiger partial charge in [-0.3, -0.25) is 9.59 Å². The smallest absolute Gasteiger partial charge is 0.173 e. The summed E-state index contributed by atoms with van der Waals surface area (Å²) >= 11 is 0. The molecule has 3 nitrogen and oxygen atoms in total. The van der Waals surface area contributed by atoms with Crippen LogP contribution in [0, 0.1) is 19.8 Å². The topological polar surface area (TPSA) is 47.3 Å². The molecule has 0 atom stereocenters. The maximum atomic E-state index is 12.0. The molecule has 1 saturated carbocycles. The van der Waals surface area contributed by atoms with E-state index in [0.717, 1.165) is 31.4 Å². The Morgan fingerprint density at radius 1 is 1.29 bits per heavy atom. The standard InChI is InChI=1S/C14H18O3/c1-9-7-12(10(2)17-9)14(16)8-13(15)11-5-3-4-6-11/h7,11H,3-6,8H2,1-2H3. The average molecular weight is 234 g/mol. The molecule has 0 aromatic carbocycles. The molecule has 0 aliphatic heterocycles. The number of furan rings is 1. The highest BCUT2D eigenvalue weighted by molar-refractivity contribution is 6.09. The Kier molecular flexibility index (Phi) is 3.46. The minimum Gasteiger partial charge on any atom is -0.466 e. The maximum absolute atomic E-state index is 12.0. The van der Waals surface area contributed by atoms with Gasteiger partial charge in [0.2, 0.25) is 0 Å². The Balaban J connectivity index is 2.01. The summed E-state index contributed by atoms with van der Waals surface area (Å²) in [5, 5.41) is 0. The predicted molar refractivity (Wildman–Crippen MR) is 64.1 cm³/mol. The van der Waals surface area contributed by atoms with Crippen molar-refractivity contribution in [3.05, 3.63) is 23.2 Å². The summed E-state index contributed by atoms with van der Waals surface area (Å²) in [5.41, 5.74) is 0.564. The fourth-order valence-corrected chi connectivity index (χ4v) is 2.55. The minimum absolute atomic E-state index is 0.0322. The van der Waals surface area contributed by atoms with E-state index in [2.05, 4.69) is 0 Å². The van der Waals surface area contributed by atoms with Crippen molar-refractivity contribution in [2.75, 3.05) is 0 Å². The van der Waals surface area contributed by atoms with Crippen LogP contribution in [0.3, 0.4) is 0 Å². The highest BCUT2D eigenvalue weighted by Crippen LogP contribution is 2.27. The SMILES string of the molecule is Cc1cc(C(=O)CC(=O)C2CCCC2)c(C)o1. The second-order valence-corrected chi connectivity index (χ2v) is 4.87. The van der Waals surface area contributed by atoms with Gasteiger partial charge in [0.1, 0.15) is 17.3 Å². The van der Waals surface area contributed by atoms with Gasteiger partial charge in [-0.1, -0.05) is 12.8 Å². The lowest BCUT2D eigenvalue weighted by Gasteiger charge is -2.06. The molecule has 0 N–H and O–H groups in total. The predicted octanol–water partition coefficient (Wildman–Crippen LogP) is 3.23. The minimum atomic E-state index is -0.101. The van der Waals surface area contributed by atoms with Gasteiger partial charge in [0.25, 0.3) is 0 Å². The first kappa shape index (κ1) is 12.1. The zero-order valence-electron chi connectivity index (χ0n) is 10.4. The first-order valence-electron chi connectivity index (χ1n) is 6.21. The monoisotopic (exact) mass is 234 g/mol. The zero-order valence-corrected chi connectivity index (χ0v) is 10.4. The van der Waals surface area contributed by atoms with E-state index in [9.17, 15) is 9.59 Å². The third-order valence-electron chi connectivity index (χ3n) is 3.49. The van der Waals surface area contributed by atoms with Crippen LogP contribution in [0.25, 0.3) is 0 Å². The number of aryl methyl sites for hydroxylation is 2. The Bertz CT molecular complexity index is 436. The van der Waals surface area contributed by atoms with Gasteiger partial charge in [0.15, 0.2) is 5.78 Å². The molecule has 1 aromatic rings. The van der Waals surface area contributed by atoms with Crippen molar-refractivity contribution in [1.82, 2.24) is 0 Å². The van der Waals surface area contributed by atoms with Gasteiger partial charge < -0.3 is 4.42 Å². The van der Waals surface area contributed by atoms with E-state index < -0.39 is 0 Å². The van der Waals surface area contributed by atoms with Crippen LogP contribution in [-0.4, -0.2) is 11.6 Å². The fourth-order valence-electron chi connectivity index (χ4n) is 2.55. The molecule has 1 aromatic heterocycles. The first-order chi connectivity index (χ1) is 8.08. The Labute approximate surface area is 101 Å². The summed E-state index contributed by atoms with van der Waals surface area (Å²) in [4.78, 5) is 23.9. The van der Waals surface area contributed by atoms with Crippen molar-refractivity contribution < 1.29 is 14.0 Å². The van der Waals surface area contributed by atoms with Gasteiger partial charge in [-0.05, 0) is 32.8 Å². The molecule has 0 radical (unpaired) electrons. The molecule has 0 bridgehead atoms. The van der Waals surface area contributed by atoms with E-state index >= 15 is 0 Å². The van der Waals surface area contributed by atoms with Crippen LogP contribution in [0.1, 0.15) is 54.0 Å². The Hall–Kier alpha value is -1.38. The van der Waals surface area contributed by atoms with Crippen LogP contribution in [-0.2, 0) is 4.79 Å². The number of hydrogen-bond donors (Lipinski definition) is 0. The highest BCUT2D eigenvalue weighted by atomic mass is 16.3. The van der Waals surface area contributed by atoms with E-state index in [4.69, 9.17) is 4.42 Å². The van der Waals surface area contributed by atoms with E-state index in [1.54, 1.807) is 13.0 Å². The summed E-state index contributed by atoms with van der Waals surface area (Å²) in [6.45, 7) is 3.57. The Morgan fingerprint density at radius 2 is 1.94 bits per heavy atom. The average Bonchev–Trinajstić information content (AvgIpc) is 2.87. The second kappa shape index (κ2) is 4.86. The lowest BCUT2D eigenvalue weighted by atomic mass is 9.96. The maximum Gasteiger partial charge on any atom is 0.173 e. The summed E-state index contributed by atoms with van der Waals surface area (Å²) in [6, 6.07) is 1.72. The van der Waals surface area contributed by atoms with Crippen molar-refractivity contribution in [3.8, 4) is 0 Å². The molecule has 92 valence electrons. The quantitative estimate of drug-likeness (QED) is 0.593. The van der Waals surface area contributed by atoms with Crippen LogP contribution >= 0.6 is 0 Å². The zero-order chi connectivity index (χ0) is 12.4. The third-order valence-corrected chi connectivity index (χ3v) is 3.49. The lowest BCUT2D eigenvalue weighted by molar-refractivity contribution is -0.121. The second-order valence-electron chi connectivity index (χ2n) is 4.87. The molecule has 0 spiro atoms. The van der Waals surface area contributed by atoms with Gasteiger partial charge in [0, 0.05) is 5.92 Å². The molecule has 1 aliphatic rings. The van der Waals surface area contributed by atoms with Gasteiger partial charge >= 0.3 is 0 Å². The Morgan fingerprint density at radius 3 is 2.47 bits per heavy atom. The molecule has 1 aliphatic carbocycles. The third kappa shape index (κ3) is 2.65. The van der Waals surface area contributed by atoms with Crippen molar-refractivity contribution in [2.45, 2.75) is 46.0 Å². The molecule has 1 fully saturated rings. The summed E-state index contributed by atoms with van der Waals surface area (Å²) in [7, 11) is 0. The van der Waals surface area contributed by atoms with Crippen LogP contribution in [0.4, 0.5) is 0 Å². The van der Waals surface area contributed by atoms with Crippen molar-refractivity contribution in [1.29, 1.82) is 0 Å². The molecular weight excluding hydrogens is 216 g/mol. The summed E-state index contributed by atoms with van der Waals surface area (Å²) in [6.07, 6.45) is 4.18. The number of carbonyl (C=O) groups is 2. The highest BCUT2D eigenvalue weighted by Gasteiger charge is 2.25. The van der Waals surface area contributed by atoms with Gasteiger partial charge in [-0.15, -0.1) is 0 Å². The molecule has 0 amide bonds. The molecule has 1 heterocycles. The number of rotatable bonds is 4. The number of hydrogen-bond acceptors (Lipinski definition) is 3. The molecule has 17 heavy (non-hydrogen) atoms. The van der Waals surface area contributed by atoms with Gasteiger partial charge in [-0.25, -0.2) is 0 Å². The number of carbonyl (C=O) groups excluding carboxylic acids is 2. The van der Waals surface area contributed by atoms with Crippen LogP contribution < -0.4 is 0 Å². The van der Waals surface area contributed by atoms with E-state index in [1.807, 2.05) is 6.92 Å². The van der Waals surface area contributed by atoms with Crippen molar-refractivity contribution in [3.63, 3.8) is 0 Å². The van der Waals surface area contributed by atoms with E-state index in [1.165, 1.54) is 0 Å². The van der Waals surface area contributed by atoms with Crippen molar-refractivity contribution >= 4 is 11.6 Å². The van der Waals surface area contributed by atoms with E-state index in [0.29, 0.717) is 11.3 Å². The molecular formula is C14H18O3. The fraction of sp³-hybridized carbons (Fsp3) is 0.571. The number of Topliss-reactive ketones (excluding diaryl/α,β-unsaturated/α-hetero) is 2. The molecule has 3 heteroatoms. The molecule has 0 unspecified atom stereocenters.